The molecule has 104 valence electrons. The summed E-state index contributed by atoms with van der Waals surface area (Å²) >= 11 is 0. The van der Waals surface area contributed by atoms with E-state index in [2.05, 4.69) is 20.8 Å². The monoisotopic (exact) mass is 267 g/mol. The molecule has 0 radical (unpaired) electrons. The summed E-state index contributed by atoms with van der Waals surface area (Å²) in [5.41, 5.74) is 0. The average Bonchev–Trinajstić information content (AvgIpc) is 2.95. The molecular weight excluding hydrogens is 250 g/mol. The Hall–Kier alpha value is -2.12. The van der Waals surface area contributed by atoms with Crippen molar-refractivity contribution in [2.45, 2.75) is 32.9 Å². The van der Waals surface area contributed by atoms with Crippen LogP contribution in [0.1, 0.15) is 25.1 Å². The van der Waals surface area contributed by atoms with Gasteiger partial charge in [-0.15, -0.1) is 10.2 Å². The maximum Gasteiger partial charge on any atom is 0.317 e. The van der Waals surface area contributed by atoms with Gasteiger partial charge in [-0.1, -0.05) is 0 Å². The van der Waals surface area contributed by atoms with Gasteiger partial charge in [0.25, 0.3) is 0 Å². The second kappa shape index (κ2) is 5.68. The molecule has 1 saturated heterocycles. The Kier molecular flexibility index (Phi) is 3.98. The standard InChI is InChI=1S/C11H17N5O3/c1-7(17)13-9-3-4-16(6-9)11(18)12-5-10-15-14-8(2)19-10/h9H,3-6H2,1-2H3,(H,12,18)(H,13,17)/t9-/m1/s1. The third-order valence-corrected chi connectivity index (χ3v) is 2.84. The van der Waals surface area contributed by atoms with Crippen molar-refractivity contribution in [2.75, 3.05) is 13.1 Å². The molecule has 0 bridgehead atoms. The van der Waals surface area contributed by atoms with Crippen molar-refractivity contribution in [3.8, 4) is 0 Å². The number of hydrogen-bond acceptors (Lipinski definition) is 5. The van der Waals surface area contributed by atoms with Gasteiger partial charge in [-0.2, -0.15) is 0 Å². The van der Waals surface area contributed by atoms with E-state index >= 15 is 0 Å². The number of amides is 3. The van der Waals surface area contributed by atoms with Gasteiger partial charge >= 0.3 is 6.03 Å². The van der Waals surface area contributed by atoms with Crippen molar-refractivity contribution < 1.29 is 14.0 Å². The Labute approximate surface area is 110 Å². The highest BCUT2D eigenvalue weighted by atomic mass is 16.4. The number of nitrogens with zero attached hydrogens (tertiary/aromatic N) is 3. The predicted molar refractivity (Wildman–Crippen MR) is 65.1 cm³/mol. The van der Waals surface area contributed by atoms with Gasteiger partial charge in [0.1, 0.15) is 0 Å². The van der Waals surface area contributed by atoms with Gasteiger partial charge in [0.2, 0.25) is 17.7 Å². The Bertz CT molecular complexity index is 473. The van der Waals surface area contributed by atoms with E-state index in [1.54, 1.807) is 11.8 Å². The lowest BCUT2D eigenvalue weighted by molar-refractivity contribution is -0.119. The van der Waals surface area contributed by atoms with Crippen LogP contribution in [0.25, 0.3) is 0 Å². The normalized spacial score (nSPS) is 18.4. The molecule has 1 aromatic heterocycles. The molecule has 0 aromatic carbocycles. The van der Waals surface area contributed by atoms with Crippen LogP contribution in [0, 0.1) is 6.92 Å². The highest BCUT2D eigenvalue weighted by Crippen LogP contribution is 2.09. The lowest BCUT2D eigenvalue weighted by Gasteiger charge is -2.16. The van der Waals surface area contributed by atoms with E-state index in [0.29, 0.717) is 24.9 Å². The fourth-order valence-electron chi connectivity index (χ4n) is 2.02. The molecule has 1 aliphatic heterocycles. The Morgan fingerprint density at radius 3 is 2.89 bits per heavy atom. The summed E-state index contributed by atoms with van der Waals surface area (Å²) < 4.78 is 5.16. The third-order valence-electron chi connectivity index (χ3n) is 2.84. The van der Waals surface area contributed by atoms with E-state index in [1.807, 2.05) is 0 Å². The molecule has 1 aliphatic rings. The number of rotatable bonds is 3. The molecule has 2 N–H and O–H groups in total. The van der Waals surface area contributed by atoms with Crippen molar-refractivity contribution >= 4 is 11.9 Å². The van der Waals surface area contributed by atoms with E-state index in [1.165, 1.54) is 6.92 Å². The van der Waals surface area contributed by atoms with Crippen molar-refractivity contribution in [1.82, 2.24) is 25.7 Å². The number of urea groups is 1. The molecule has 3 amide bonds. The van der Waals surface area contributed by atoms with Crippen molar-refractivity contribution in [2.24, 2.45) is 0 Å². The maximum absolute atomic E-state index is 11.9. The Morgan fingerprint density at radius 1 is 1.47 bits per heavy atom. The Morgan fingerprint density at radius 2 is 2.26 bits per heavy atom. The topological polar surface area (TPSA) is 100 Å². The minimum atomic E-state index is -0.191. The first-order chi connectivity index (χ1) is 9.04. The zero-order chi connectivity index (χ0) is 13.8. The molecule has 1 aromatic rings. The highest BCUT2D eigenvalue weighted by molar-refractivity contribution is 5.75. The molecule has 2 heterocycles. The van der Waals surface area contributed by atoms with Crippen molar-refractivity contribution in [3.63, 3.8) is 0 Å². The number of nitrogens with one attached hydrogen (secondary N) is 2. The van der Waals surface area contributed by atoms with Crippen molar-refractivity contribution in [1.29, 1.82) is 0 Å². The van der Waals surface area contributed by atoms with E-state index in [4.69, 9.17) is 4.42 Å². The molecule has 2 rings (SSSR count). The highest BCUT2D eigenvalue weighted by Gasteiger charge is 2.26. The zero-order valence-corrected chi connectivity index (χ0v) is 11.0. The largest absolute Gasteiger partial charge is 0.424 e. The first-order valence-corrected chi connectivity index (χ1v) is 6.13. The molecule has 0 spiro atoms. The summed E-state index contributed by atoms with van der Waals surface area (Å²) in [6, 6.07) is -0.155. The number of carbonyl (C=O) groups excluding carboxylic acids is 2. The molecular formula is C11H17N5O3. The smallest absolute Gasteiger partial charge is 0.317 e. The van der Waals surface area contributed by atoms with Gasteiger partial charge in [-0.05, 0) is 6.42 Å². The van der Waals surface area contributed by atoms with Crippen LogP contribution < -0.4 is 10.6 Å². The number of likely N-dealkylation sites (tertiary alicyclic amines) is 1. The fraction of sp³-hybridized carbons (Fsp3) is 0.636. The average molecular weight is 267 g/mol. The van der Waals surface area contributed by atoms with E-state index in [9.17, 15) is 9.59 Å². The van der Waals surface area contributed by atoms with Crippen LogP contribution in [0.4, 0.5) is 4.79 Å². The quantitative estimate of drug-likeness (QED) is 0.789. The van der Waals surface area contributed by atoms with Gasteiger partial charge in [0.05, 0.1) is 6.54 Å². The second-order valence-corrected chi connectivity index (χ2v) is 4.51. The summed E-state index contributed by atoms with van der Waals surface area (Å²) in [7, 11) is 0. The summed E-state index contributed by atoms with van der Waals surface area (Å²) in [4.78, 5) is 24.5. The van der Waals surface area contributed by atoms with Crippen molar-refractivity contribution in [3.05, 3.63) is 11.8 Å². The number of carbonyl (C=O) groups is 2. The van der Waals surface area contributed by atoms with E-state index in [0.717, 1.165) is 6.42 Å². The molecule has 0 saturated carbocycles. The molecule has 0 unspecified atom stereocenters. The fourth-order valence-corrected chi connectivity index (χ4v) is 2.02. The van der Waals surface area contributed by atoms with E-state index < -0.39 is 0 Å². The molecule has 0 aliphatic carbocycles. The van der Waals surface area contributed by atoms with Gasteiger partial charge in [0.15, 0.2) is 0 Å². The summed E-state index contributed by atoms with van der Waals surface area (Å²) in [5.74, 6) is 0.771. The van der Waals surface area contributed by atoms with E-state index in [-0.39, 0.29) is 24.5 Å². The van der Waals surface area contributed by atoms with Crippen LogP contribution >= 0.6 is 0 Å². The van der Waals surface area contributed by atoms with Crippen LogP contribution in [0.2, 0.25) is 0 Å². The predicted octanol–water partition coefficient (Wildman–Crippen LogP) is -0.202. The lowest BCUT2D eigenvalue weighted by Crippen LogP contribution is -2.41. The summed E-state index contributed by atoms with van der Waals surface area (Å²) in [6.45, 7) is 4.52. The minimum absolute atomic E-state index is 0.0360. The molecule has 8 heteroatoms. The van der Waals surface area contributed by atoms with Gasteiger partial charge in [-0.25, -0.2) is 4.79 Å². The van der Waals surface area contributed by atoms with Crippen LogP contribution in [-0.4, -0.2) is 46.2 Å². The number of aromatic nitrogens is 2. The van der Waals surface area contributed by atoms with Crippen LogP contribution in [0.5, 0.6) is 0 Å². The lowest BCUT2D eigenvalue weighted by atomic mass is 10.3. The summed E-state index contributed by atoms with van der Waals surface area (Å²) in [6.07, 6.45) is 0.771. The number of aryl methyl sites for hydroxylation is 1. The van der Waals surface area contributed by atoms with Gasteiger partial charge < -0.3 is 20.0 Å². The molecule has 19 heavy (non-hydrogen) atoms. The SMILES string of the molecule is CC(=O)N[C@@H]1CCN(C(=O)NCc2nnc(C)o2)C1. The Balaban J connectivity index is 1.76. The minimum Gasteiger partial charge on any atom is -0.424 e. The summed E-state index contributed by atoms with van der Waals surface area (Å²) in [5, 5.41) is 13.0. The molecule has 1 fully saturated rings. The third kappa shape index (κ3) is 3.67. The van der Waals surface area contributed by atoms with Gasteiger partial charge in [0, 0.05) is 33.0 Å². The first-order valence-electron chi connectivity index (χ1n) is 6.13. The number of hydrogen-bond donors (Lipinski definition) is 2. The zero-order valence-electron chi connectivity index (χ0n) is 11.0. The van der Waals surface area contributed by atoms with Crippen LogP contribution in [0.15, 0.2) is 4.42 Å². The van der Waals surface area contributed by atoms with Gasteiger partial charge in [-0.3, -0.25) is 4.79 Å². The molecule has 1 atom stereocenters. The maximum atomic E-state index is 11.9. The van der Waals surface area contributed by atoms with Crippen LogP contribution in [0.3, 0.4) is 0 Å². The second-order valence-electron chi connectivity index (χ2n) is 4.51. The van der Waals surface area contributed by atoms with Crippen LogP contribution in [-0.2, 0) is 11.3 Å². The first kappa shape index (κ1) is 13.3. The molecule has 8 nitrogen and oxygen atoms in total.